The number of rotatable bonds is 4. The molecule has 0 saturated carbocycles. The van der Waals surface area contributed by atoms with Crippen LogP contribution in [0.25, 0.3) is 0 Å². The van der Waals surface area contributed by atoms with Crippen molar-refractivity contribution < 1.29 is 23.3 Å². The van der Waals surface area contributed by atoms with Gasteiger partial charge >= 0.3 is 11.9 Å². The Kier molecular flexibility index (Phi) is 5.30. The van der Waals surface area contributed by atoms with Crippen LogP contribution in [-0.2, 0) is 16.1 Å². The number of imide groups is 1. The van der Waals surface area contributed by atoms with E-state index in [-0.39, 0.29) is 30.7 Å². The largest absolute Gasteiger partial charge is 0.501 e. The van der Waals surface area contributed by atoms with Gasteiger partial charge in [-0.2, -0.15) is 14.3 Å². The fourth-order valence-corrected chi connectivity index (χ4v) is 4.67. The molecule has 1 unspecified atom stereocenters. The summed E-state index contributed by atoms with van der Waals surface area (Å²) in [5, 5.41) is 1.26. The highest BCUT2D eigenvalue weighted by molar-refractivity contribution is 8.04. The highest BCUT2D eigenvalue weighted by Gasteiger charge is 2.49. The van der Waals surface area contributed by atoms with Crippen molar-refractivity contribution in [1.29, 1.82) is 0 Å². The number of amides is 4. The Balaban J connectivity index is 1.58. The molecular weight excluding hydrogens is 381 g/mol. The van der Waals surface area contributed by atoms with Gasteiger partial charge in [0.25, 0.3) is 5.91 Å². The van der Waals surface area contributed by atoms with Crippen LogP contribution >= 0.6 is 11.8 Å². The molecule has 0 aromatic heterocycles. The van der Waals surface area contributed by atoms with Crippen LogP contribution in [0.15, 0.2) is 35.7 Å². The fourth-order valence-electron chi connectivity index (χ4n) is 3.71. The van der Waals surface area contributed by atoms with Gasteiger partial charge in [-0.05, 0) is 48.4 Å². The number of allylic oxidation sites excluding steroid dienone is 1. The third-order valence-electron chi connectivity index (χ3n) is 5.24. The Morgan fingerprint density at radius 2 is 1.86 bits per heavy atom. The first-order valence-corrected chi connectivity index (χ1v) is 10.3. The summed E-state index contributed by atoms with van der Waals surface area (Å²) in [5.41, 5.74) is 1.23. The maximum atomic E-state index is 13.2. The zero-order valence-electron chi connectivity index (χ0n) is 15.3. The molecule has 1 saturated heterocycles. The number of hydrogen-bond donors (Lipinski definition) is 0. The normalized spacial score (nSPS) is 22.1. The molecule has 0 spiro atoms. The van der Waals surface area contributed by atoms with Crippen LogP contribution in [0.3, 0.4) is 0 Å². The number of carbonyl (C=O) groups is 3. The van der Waals surface area contributed by atoms with Gasteiger partial charge in [0, 0.05) is 13.1 Å². The monoisotopic (exact) mass is 402 g/mol. The van der Waals surface area contributed by atoms with Crippen LogP contribution < -0.4 is 0 Å². The quantitative estimate of drug-likeness (QED) is 0.726. The fraction of sp³-hybridized carbons (Fsp3) is 0.400. The molecule has 0 N–H and O–H groups in total. The molecule has 146 valence electrons. The number of fused-ring (bicyclic) bond motifs is 1. The highest BCUT2D eigenvalue weighted by Crippen LogP contribution is 2.28. The van der Waals surface area contributed by atoms with E-state index in [1.54, 1.807) is 28.5 Å². The van der Waals surface area contributed by atoms with Crippen molar-refractivity contribution in [2.24, 2.45) is 0 Å². The van der Waals surface area contributed by atoms with Crippen LogP contribution in [0.1, 0.15) is 24.8 Å². The van der Waals surface area contributed by atoms with Crippen molar-refractivity contribution >= 4 is 35.3 Å². The third kappa shape index (κ3) is 3.61. The number of benzene rings is 1. The topological polar surface area (TPSA) is 60.7 Å². The van der Waals surface area contributed by atoms with E-state index in [1.807, 2.05) is 0 Å². The van der Waals surface area contributed by atoms with Gasteiger partial charge in [0.2, 0.25) is 0 Å². The van der Waals surface area contributed by atoms with Gasteiger partial charge < -0.3 is 4.90 Å². The van der Waals surface area contributed by atoms with Gasteiger partial charge in [-0.1, -0.05) is 12.1 Å². The van der Waals surface area contributed by atoms with E-state index < -0.39 is 11.3 Å². The Morgan fingerprint density at radius 1 is 1.14 bits per heavy atom. The van der Waals surface area contributed by atoms with Crippen molar-refractivity contribution in [2.75, 3.05) is 19.6 Å². The minimum absolute atomic E-state index is 0.0523. The van der Waals surface area contributed by atoms with E-state index in [4.69, 9.17) is 0 Å². The smallest absolute Gasteiger partial charge is 0.339 e. The number of hydrogen-bond acceptors (Lipinski definition) is 4. The lowest BCUT2D eigenvalue weighted by molar-refractivity contribution is -0.428. The summed E-state index contributed by atoms with van der Waals surface area (Å²) in [4.78, 5) is 41.6. The summed E-state index contributed by atoms with van der Waals surface area (Å²) in [5.74, 6) is -0.776. The highest BCUT2D eigenvalue weighted by atomic mass is 32.2. The Hall–Kier alpha value is -2.48. The second-order valence-electron chi connectivity index (χ2n) is 7.10. The molecule has 3 heterocycles. The number of thioether (sulfide) groups is 1. The molecule has 1 aromatic carbocycles. The van der Waals surface area contributed by atoms with E-state index >= 15 is 0 Å². The molecule has 0 aliphatic carbocycles. The molecule has 1 atom stereocenters. The zero-order chi connectivity index (χ0) is 19.7. The van der Waals surface area contributed by atoms with E-state index in [0.717, 1.165) is 24.2 Å². The maximum absolute atomic E-state index is 13.2. The van der Waals surface area contributed by atoms with Crippen molar-refractivity contribution in [3.63, 3.8) is 0 Å². The molecule has 8 heteroatoms. The van der Waals surface area contributed by atoms with Crippen molar-refractivity contribution in [2.45, 2.75) is 31.1 Å². The maximum Gasteiger partial charge on any atom is 0.501 e. The average molecular weight is 402 g/mol. The molecule has 0 bridgehead atoms. The summed E-state index contributed by atoms with van der Waals surface area (Å²) in [6.45, 7) is 1.41. The van der Waals surface area contributed by atoms with E-state index in [2.05, 4.69) is 0 Å². The van der Waals surface area contributed by atoms with Gasteiger partial charge in [0.15, 0.2) is 11.8 Å². The van der Waals surface area contributed by atoms with Crippen molar-refractivity contribution in [3.8, 4) is 0 Å². The van der Waals surface area contributed by atoms with E-state index in [0.29, 0.717) is 24.4 Å². The first kappa shape index (κ1) is 18.9. The summed E-state index contributed by atoms with van der Waals surface area (Å²) in [6, 6.07) is 5.21. The SMILES string of the molecule is O=C(C[N+]1=C2C=CSC2C(=O)N(Cc2ccc(F)cc2)C1=O)N1CCCCC1. The number of nitrogens with zero attached hydrogens (tertiary/aromatic N) is 3. The number of piperidine rings is 1. The van der Waals surface area contributed by atoms with Crippen LogP contribution in [0.5, 0.6) is 0 Å². The van der Waals surface area contributed by atoms with Crippen LogP contribution in [0.4, 0.5) is 9.18 Å². The standard InChI is InChI=1S/C20H21FN3O3S/c21-15-6-4-14(5-7-15)12-24-19(26)18-16(8-11-28-18)23(20(24)27)13-17(25)22-9-2-1-3-10-22/h4-8,11,18H,1-3,9-10,12-13H2/q+1. The van der Waals surface area contributed by atoms with Crippen molar-refractivity contribution in [3.05, 3.63) is 47.1 Å². The lowest BCUT2D eigenvalue weighted by Gasteiger charge is -2.28. The first-order valence-electron chi connectivity index (χ1n) is 9.38. The van der Waals surface area contributed by atoms with E-state index in [1.165, 1.54) is 28.5 Å². The molecule has 1 fully saturated rings. The minimum atomic E-state index is -0.521. The molecule has 1 aromatic rings. The first-order chi connectivity index (χ1) is 13.5. The summed E-state index contributed by atoms with van der Waals surface area (Å²) < 4.78 is 14.6. The predicted molar refractivity (Wildman–Crippen MR) is 103 cm³/mol. The molecule has 0 radical (unpaired) electrons. The third-order valence-corrected chi connectivity index (χ3v) is 6.25. The summed E-state index contributed by atoms with van der Waals surface area (Å²) >= 11 is 1.33. The van der Waals surface area contributed by atoms with E-state index in [9.17, 15) is 18.8 Å². The second-order valence-corrected chi connectivity index (χ2v) is 8.12. The van der Waals surface area contributed by atoms with Crippen molar-refractivity contribution in [1.82, 2.24) is 9.80 Å². The Labute approximate surface area is 166 Å². The van der Waals surface area contributed by atoms with Crippen LogP contribution in [0, 0.1) is 5.82 Å². The van der Waals surface area contributed by atoms with Gasteiger partial charge in [0.1, 0.15) is 18.1 Å². The Morgan fingerprint density at radius 3 is 2.57 bits per heavy atom. The molecular formula is C20H21FN3O3S+. The second kappa shape index (κ2) is 7.87. The van der Waals surface area contributed by atoms with Gasteiger partial charge in [-0.15, -0.1) is 11.8 Å². The van der Waals surface area contributed by atoms with Gasteiger partial charge in [0.05, 0.1) is 0 Å². The molecule has 3 aliphatic rings. The Bertz CT molecular complexity index is 875. The number of urea groups is 1. The number of halogens is 1. The zero-order valence-corrected chi connectivity index (χ0v) is 16.2. The van der Waals surface area contributed by atoms with Crippen LogP contribution in [-0.4, -0.2) is 62.8 Å². The van der Waals surface area contributed by atoms with Crippen LogP contribution in [0.2, 0.25) is 0 Å². The molecule has 4 amide bonds. The summed E-state index contributed by atoms with van der Waals surface area (Å²) in [7, 11) is 0. The molecule has 4 rings (SSSR count). The summed E-state index contributed by atoms with van der Waals surface area (Å²) in [6.07, 6.45) is 4.81. The molecule has 6 nitrogen and oxygen atoms in total. The van der Waals surface area contributed by atoms with Gasteiger partial charge in [-0.25, -0.2) is 9.18 Å². The average Bonchev–Trinajstić information content (AvgIpc) is 3.20. The number of carbonyl (C=O) groups excluding carboxylic acids is 3. The number of likely N-dealkylation sites (tertiary alicyclic amines) is 1. The van der Waals surface area contributed by atoms with Gasteiger partial charge in [-0.3, -0.25) is 4.79 Å². The lowest BCUT2D eigenvalue weighted by Crippen LogP contribution is -2.56. The molecule has 28 heavy (non-hydrogen) atoms. The minimum Gasteiger partial charge on any atom is -0.339 e. The molecule has 3 aliphatic heterocycles. The predicted octanol–water partition coefficient (Wildman–Crippen LogP) is 2.38. The lowest BCUT2D eigenvalue weighted by atomic mass is 10.1.